The number of carbonyl (C=O) groups is 2. The molecule has 1 heterocycles. The number of nitrogens with zero attached hydrogens (tertiary/aromatic N) is 2. The normalized spacial score (nSPS) is 17.4. The van der Waals surface area contributed by atoms with E-state index in [1.54, 1.807) is 9.80 Å². The van der Waals surface area contributed by atoms with E-state index in [2.05, 4.69) is 0 Å². The van der Waals surface area contributed by atoms with Gasteiger partial charge in [-0.15, -0.1) is 0 Å². The largest absolute Gasteiger partial charge is 0.481 e. The average molecular weight is 272 g/mol. The fourth-order valence-electron chi connectivity index (χ4n) is 2.15. The molecule has 0 spiro atoms. The number of urea groups is 1. The van der Waals surface area contributed by atoms with Crippen LogP contribution in [0.4, 0.5) is 4.79 Å². The van der Waals surface area contributed by atoms with Crippen LogP contribution in [0.25, 0.3) is 0 Å². The molecule has 0 aromatic rings. The molecule has 0 aromatic heterocycles. The lowest BCUT2D eigenvalue weighted by Crippen LogP contribution is -2.54. The molecule has 0 radical (unpaired) electrons. The third-order valence-corrected chi connectivity index (χ3v) is 3.32. The number of amides is 2. The van der Waals surface area contributed by atoms with E-state index in [9.17, 15) is 14.7 Å². The monoisotopic (exact) mass is 272 g/mol. The van der Waals surface area contributed by atoms with E-state index in [-0.39, 0.29) is 25.1 Å². The van der Waals surface area contributed by atoms with Gasteiger partial charge < -0.3 is 20.0 Å². The number of carboxylic acids is 1. The second kappa shape index (κ2) is 6.23. The SMILES string of the molecule is CC(C)(C)N(CCC(=O)O)C(=O)N1CCC(O)CC1. The predicted octanol–water partition coefficient (Wildman–Crippen LogP) is 1.14. The average Bonchev–Trinajstić information content (AvgIpc) is 2.27. The van der Waals surface area contributed by atoms with Gasteiger partial charge in [-0.05, 0) is 33.6 Å². The Labute approximate surface area is 114 Å². The second-order valence-corrected chi connectivity index (χ2v) is 5.97. The molecule has 0 atom stereocenters. The maximum atomic E-state index is 12.4. The number of likely N-dealkylation sites (tertiary alicyclic amines) is 1. The van der Waals surface area contributed by atoms with Crippen LogP contribution in [0.2, 0.25) is 0 Å². The molecule has 6 heteroatoms. The van der Waals surface area contributed by atoms with Gasteiger partial charge in [0.05, 0.1) is 12.5 Å². The summed E-state index contributed by atoms with van der Waals surface area (Å²) in [6, 6.07) is -0.138. The topological polar surface area (TPSA) is 81.1 Å². The van der Waals surface area contributed by atoms with Gasteiger partial charge in [-0.25, -0.2) is 4.79 Å². The first-order chi connectivity index (χ1) is 8.71. The Balaban J connectivity index is 2.68. The highest BCUT2D eigenvalue weighted by molar-refractivity contribution is 5.76. The van der Waals surface area contributed by atoms with Gasteiger partial charge in [0, 0.05) is 25.2 Å². The zero-order valence-electron chi connectivity index (χ0n) is 11.9. The highest BCUT2D eigenvalue weighted by atomic mass is 16.4. The lowest BCUT2D eigenvalue weighted by molar-refractivity contribution is -0.137. The zero-order chi connectivity index (χ0) is 14.6. The van der Waals surface area contributed by atoms with Gasteiger partial charge in [0.1, 0.15) is 0 Å². The summed E-state index contributed by atoms with van der Waals surface area (Å²) in [5.41, 5.74) is -0.414. The molecule has 110 valence electrons. The van der Waals surface area contributed by atoms with E-state index in [4.69, 9.17) is 5.11 Å². The third kappa shape index (κ3) is 4.70. The number of hydrogen-bond acceptors (Lipinski definition) is 3. The number of hydrogen-bond donors (Lipinski definition) is 2. The van der Waals surface area contributed by atoms with Crippen LogP contribution < -0.4 is 0 Å². The van der Waals surface area contributed by atoms with Gasteiger partial charge in [0.15, 0.2) is 0 Å². The Hall–Kier alpha value is -1.30. The molecule has 0 aromatic carbocycles. The minimum atomic E-state index is -0.906. The van der Waals surface area contributed by atoms with Crippen LogP contribution in [0.1, 0.15) is 40.0 Å². The van der Waals surface area contributed by atoms with Crippen LogP contribution >= 0.6 is 0 Å². The summed E-state index contributed by atoms with van der Waals surface area (Å²) < 4.78 is 0. The van der Waals surface area contributed by atoms with Gasteiger partial charge in [-0.3, -0.25) is 4.79 Å². The number of carbonyl (C=O) groups excluding carboxylic acids is 1. The standard InChI is InChI=1S/C13H24N2O4/c1-13(2,3)15(9-6-11(17)18)12(19)14-7-4-10(16)5-8-14/h10,16H,4-9H2,1-3H3,(H,17,18). The Morgan fingerprint density at radius 2 is 1.79 bits per heavy atom. The van der Waals surface area contributed by atoms with Gasteiger partial charge in [0.25, 0.3) is 0 Å². The molecule has 0 saturated carbocycles. The molecule has 1 rings (SSSR count). The molecule has 1 saturated heterocycles. The van der Waals surface area contributed by atoms with Crippen molar-refractivity contribution in [1.82, 2.24) is 9.80 Å². The van der Waals surface area contributed by atoms with Crippen LogP contribution in [0.5, 0.6) is 0 Å². The Morgan fingerprint density at radius 3 is 2.21 bits per heavy atom. The molecule has 2 N–H and O–H groups in total. The maximum absolute atomic E-state index is 12.4. The van der Waals surface area contributed by atoms with Crippen molar-refractivity contribution >= 4 is 12.0 Å². The molecule has 1 fully saturated rings. The van der Waals surface area contributed by atoms with Crippen molar-refractivity contribution in [3.05, 3.63) is 0 Å². The molecule has 0 aliphatic carbocycles. The molecule has 6 nitrogen and oxygen atoms in total. The van der Waals surface area contributed by atoms with Gasteiger partial charge in [-0.1, -0.05) is 0 Å². The Kier molecular flexibility index (Phi) is 5.17. The highest BCUT2D eigenvalue weighted by Crippen LogP contribution is 2.19. The van der Waals surface area contributed by atoms with Crippen molar-refractivity contribution in [3.63, 3.8) is 0 Å². The maximum Gasteiger partial charge on any atom is 0.320 e. The number of aliphatic hydroxyl groups excluding tert-OH is 1. The van der Waals surface area contributed by atoms with E-state index in [0.717, 1.165) is 0 Å². The van der Waals surface area contributed by atoms with Crippen LogP contribution in [0, 0.1) is 0 Å². The number of piperidine rings is 1. The van der Waals surface area contributed by atoms with Crippen molar-refractivity contribution in [2.24, 2.45) is 0 Å². The smallest absolute Gasteiger partial charge is 0.320 e. The van der Waals surface area contributed by atoms with E-state index >= 15 is 0 Å². The van der Waals surface area contributed by atoms with Crippen molar-refractivity contribution in [2.75, 3.05) is 19.6 Å². The second-order valence-electron chi connectivity index (χ2n) is 5.97. The minimum Gasteiger partial charge on any atom is -0.481 e. The molecule has 1 aliphatic rings. The van der Waals surface area contributed by atoms with E-state index in [0.29, 0.717) is 25.9 Å². The molecular formula is C13H24N2O4. The van der Waals surface area contributed by atoms with Crippen molar-refractivity contribution in [3.8, 4) is 0 Å². The van der Waals surface area contributed by atoms with E-state index < -0.39 is 11.5 Å². The quantitative estimate of drug-likeness (QED) is 0.807. The number of aliphatic hydroxyl groups is 1. The fourth-order valence-corrected chi connectivity index (χ4v) is 2.15. The molecular weight excluding hydrogens is 248 g/mol. The molecule has 0 bridgehead atoms. The van der Waals surface area contributed by atoms with Crippen LogP contribution in [-0.4, -0.2) is 63.3 Å². The van der Waals surface area contributed by atoms with Gasteiger partial charge in [-0.2, -0.15) is 0 Å². The van der Waals surface area contributed by atoms with E-state index in [1.165, 1.54) is 0 Å². The number of rotatable bonds is 3. The van der Waals surface area contributed by atoms with Crippen LogP contribution in [0.3, 0.4) is 0 Å². The minimum absolute atomic E-state index is 0.0561. The Bertz CT molecular complexity index is 330. The van der Waals surface area contributed by atoms with Crippen molar-refractivity contribution in [1.29, 1.82) is 0 Å². The summed E-state index contributed by atoms with van der Waals surface area (Å²) in [7, 11) is 0. The van der Waals surface area contributed by atoms with Gasteiger partial charge in [0.2, 0.25) is 0 Å². The fraction of sp³-hybridized carbons (Fsp3) is 0.846. The first-order valence-corrected chi connectivity index (χ1v) is 6.68. The highest BCUT2D eigenvalue weighted by Gasteiger charge is 2.32. The summed E-state index contributed by atoms with van der Waals surface area (Å²) in [6.45, 7) is 6.94. The number of carboxylic acid groups (broad SMARTS) is 1. The first-order valence-electron chi connectivity index (χ1n) is 6.68. The van der Waals surface area contributed by atoms with Crippen molar-refractivity contribution in [2.45, 2.75) is 51.7 Å². The first kappa shape index (κ1) is 15.8. The van der Waals surface area contributed by atoms with Crippen LogP contribution in [0.15, 0.2) is 0 Å². The summed E-state index contributed by atoms with van der Waals surface area (Å²) in [5.74, 6) is -0.906. The molecule has 1 aliphatic heterocycles. The predicted molar refractivity (Wildman–Crippen MR) is 70.9 cm³/mol. The lowest BCUT2D eigenvalue weighted by Gasteiger charge is -2.40. The third-order valence-electron chi connectivity index (χ3n) is 3.32. The van der Waals surface area contributed by atoms with Crippen LogP contribution in [-0.2, 0) is 4.79 Å². The van der Waals surface area contributed by atoms with Gasteiger partial charge >= 0.3 is 12.0 Å². The van der Waals surface area contributed by atoms with Crippen molar-refractivity contribution < 1.29 is 19.8 Å². The summed E-state index contributed by atoms with van der Waals surface area (Å²) >= 11 is 0. The van der Waals surface area contributed by atoms with E-state index in [1.807, 2.05) is 20.8 Å². The zero-order valence-corrected chi connectivity index (χ0v) is 11.9. The molecule has 19 heavy (non-hydrogen) atoms. The number of aliphatic carboxylic acids is 1. The molecule has 2 amide bonds. The summed E-state index contributed by atoms with van der Waals surface area (Å²) in [4.78, 5) is 26.4. The lowest BCUT2D eigenvalue weighted by atomic mass is 10.0. The molecule has 0 unspecified atom stereocenters. The summed E-state index contributed by atoms with van der Waals surface area (Å²) in [6.07, 6.45) is 0.788. The Morgan fingerprint density at radius 1 is 1.26 bits per heavy atom. The summed E-state index contributed by atoms with van der Waals surface area (Å²) in [5, 5.41) is 18.2.